The van der Waals surface area contributed by atoms with Gasteiger partial charge in [-0.3, -0.25) is 0 Å². The number of aromatic nitrogens is 1. The van der Waals surface area contributed by atoms with E-state index in [0.29, 0.717) is 5.39 Å². The lowest BCUT2D eigenvalue weighted by atomic mass is 10.0. The summed E-state index contributed by atoms with van der Waals surface area (Å²) >= 11 is 0. The SMILES string of the molecule is COC(=O)c1c(O)cc2cc(C(=O)OC)n(C)c2c1C(=O)OC. The van der Waals surface area contributed by atoms with Gasteiger partial charge >= 0.3 is 17.9 Å². The molecular weight excluding hydrogens is 306 g/mol. The van der Waals surface area contributed by atoms with Gasteiger partial charge in [-0.05, 0) is 12.1 Å². The first-order chi connectivity index (χ1) is 10.9. The number of hydrogen-bond acceptors (Lipinski definition) is 7. The van der Waals surface area contributed by atoms with Gasteiger partial charge in [-0.15, -0.1) is 0 Å². The van der Waals surface area contributed by atoms with Crippen LogP contribution in [0.2, 0.25) is 0 Å². The van der Waals surface area contributed by atoms with Gasteiger partial charge in [0.2, 0.25) is 0 Å². The number of carbonyl (C=O) groups excluding carboxylic acids is 3. The standard InChI is InChI=1S/C15H15NO7/c1-16-8(13(18)21-2)5-7-6-9(17)10(14(19)22-3)11(12(7)16)15(20)23-4/h5-6,17H,1-4H3. The Hall–Kier alpha value is -3.03. The Labute approximate surface area is 131 Å². The van der Waals surface area contributed by atoms with Crippen LogP contribution < -0.4 is 0 Å². The normalized spacial score (nSPS) is 10.4. The first-order valence-electron chi connectivity index (χ1n) is 6.47. The van der Waals surface area contributed by atoms with Gasteiger partial charge in [0.05, 0.1) is 26.8 Å². The molecule has 0 unspecified atom stereocenters. The molecule has 0 atom stereocenters. The van der Waals surface area contributed by atoms with Crippen molar-refractivity contribution in [3.05, 3.63) is 29.0 Å². The van der Waals surface area contributed by atoms with Crippen molar-refractivity contribution in [2.45, 2.75) is 0 Å². The van der Waals surface area contributed by atoms with E-state index < -0.39 is 23.7 Å². The van der Waals surface area contributed by atoms with Gasteiger partial charge < -0.3 is 23.9 Å². The minimum Gasteiger partial charge on any atom is -0.507 e. The number of carbonyl (C=O) groups is 3. The number of phenols is 1. The molecule has 2 rings (SSSR count). The molecular formula is C15H15NO7. The predicted molar refractivity (Wildman–Crippen MR) is 78.6 cm³/mol. The van der Waals surface area contributed by atoms with E-state index >= 15 is 0 Å². The molecule has 1 heterocycles. The summed E-state index contributed by atoms with van der Waals surface area (Å²) in [6.07, 6.45) is 0. The number of nitrogens with zero attached hydrogens (tertiary/aromatic N) is 1. The van der Waals surface area contributed by atoms with Crippen LogP contribution in [0, 0.1) is 0 Å². The second kappa shape index (κ2) is 5.99. The Balaban J connectivity index is 2.96. The molecule has 23 heavy (non-hydrogen) atoms. The Morgan fingerprint density at radius 1 is 0.913 bits per heavy atom. The van der Waals surface area contributed by atoms with Crippen LogP contribution in [-0.4, -0.2) is 48.9 Å². The van der Waals surface area contributed by atoms with Crippen molar-refractivity contribution >= 4 is 28.8 Å². The van der Waals surface area contributed by atoms with Crippen molar-refractivity contribution in [2.24, 2.45) is 7.05 Å². The molecule has 0 saturated heterocycles. The van der Waals surface area contributed by atoms with Gasteiger partial charge in [-0.2, -0.15) is 0 Å². The monoisotopic (exact) mass is 321 g/mol. The molecule has 122 valence electrons. The maximum Gasteiger partial charge on any atom is 0.354 e. The zero-order valence-corrected chi connectivity index (χ0v) is 13.0. The molecule has 8 nitrogen and oxygen atoms in total. The van der Waals surface area contributed by atoms with Gasteiger partial charge in [0, 0.05) is 12.4 Å². The highest BCUT2D eigenvalue weighted by Gasteiger charge is 2.29. The van der Waals surface area contributed by atoms with Crippen molar-refractivity contribution in [1.82, 2.24) is 4.57 Å². The fraction of sp³-hybridized carbons (Fsp3) is 0.267. The molecule has 0 bridgehead atoms. The van der Waals surface area contributed by atoms with Gasteiger partial charge in [-0.1, -0.05) is 0 Å². The van der Waals surface area contributed by atoms with Crippen molar-refractivity contribution in [2.75, 3.05) is 21.3 Å². The second-order valence-electron chi connectivity index (χ2n) is 4.65. The Kier molecular flexibility index (Phi) is 4.26. The number of hydrogen-bond donors (Lipinski definition) is 1. The lowest BCUT2D eigenvalue weighted by molar-refractivity contribution is 0.0553. The minimum absolute atomic E-state index is 0.147. The molecule has 0 fully saturated rings. The summed E-state index contributed by atoms with van der Waals surface area (Å²) < 4.78 is 15.4. The van der Waals surface area contributed by atoms with Crippen LogP contribution in [0.5, 0.6) is 5.75 Å². The number of aromatic hydroxyl groups is 1. The molecule has 2 aromatic rings. The second-order valence-corrected chi connectivity index (χ2v) is 4.65. The van der Waals surface area contributed by atoms with Crippen molar-refractivity contribution in [3.8, 4) is 5.75 Å². The Bertz CT molecular complexity index is 819. The van der Waals surface area contributed by atoms with E-state index in [1.54, 1.807) is 0 Å². The number of benzene rings is 1. The number of fused-ring (bicyclic) bond motifs is 1. The van der Waals surface area contributed by atoms with E-state index in [4.69, 9.17) is 4.74 Å². The largest absolute Gasteiger partial charge is 0.507 e. The molecule has 0 spiro atoms. The summed E-state index contributed by atoms with van der Waals surface area (Å²) in [4.78, 5) is 35.9. The minimum atomic E-state index is -0.898. The van der Waals surface area contributed by atoms with Crippen LogP contribution in [-0.2, 0) is 21.3 Å². The topological polar surface area (TPSA) is 104 Å². The number of esters is 3. The molecule has 0 amide bonds. The quantitative estimate of drug-likeness (QED) is 0.670. The first kappa shape index (κ1) is 16.3. The van der Waals surface area contributed by atoms with E-state index in [-0.39, 0.29) is 22.3 Å². The third kappa shape index (κ3) is 2.48. The van der Waals surface area contributed by atoms with Crippen LogP contribution >= 0.6 is 0 Å². The van der Waals surface area contributed by atoms with Crippen LogP contribution in [0.15, 0.2) is 12.1 Å². The highest BCUT2D eigenvalue weighted by atomic mass is 16.5. The number of phenolic OH excluding ortho intramolecular Hbond substituents is 1. The van der Waals surface area contributed by atoms with Crippen LogP contribution in [0.1, 0.15) is 31.2 Å². The van der Waals surface area contributed by atoms with Crippen molar-refractivity contribution < 1.29 is 33.7 Å². The van der Waals surface area contributed by atoms with Gasteiger partial charge in [0.15, 0.2) is 0 Å². The molecule has 1 N–H and O–H groups in total. The number of ether oxygens (including phenoxy) is 3. The summed E-state index contributed by atoms with van der Waals surface area (Å²) in [6, 6.07) is 2.70. The Morgan fingerprint density at radius 2 is 1.43 bits per heavy atom. The van der Waals surface area contributed by atoms with E-state index in [1.807, 2.05) is 0 Å². The summed E-state index contributed by atoms with van der Waals surface area (Å²) in [5, 5.41) is 10.5. The molecule has 0 radical (unpaired) electrons. The molecule has 8 heteroatoms. The van der Waals surface area contributed by atoms with Gasteiger partial charge in [-0.25, -0.2) is 14.4 Å². The number of methoxy groups -OCH3 is 3. The highest BCUT2D eigenvalue weighted by molar-refractivity contribution is 6.14. The third-order valence-electron chi connectivity index (χ3n) is 3.47. The summed E-state index contributed by atoms with van der Waals surface area (Å²) in [5.41, 5.74) is -0.124. The molecule has 0 aliphatic rings. The zero-order valence-electron chi connectivity index (χ0n) is 13.0. The number of rotatable bonds is 3. The first-order valence-corrected chi connectivity index (χ1v) is 6.47. The average Bonchev–Trinajstić information content (AvgIpc) is 2.87. The Morgan fingerprint density at radius 3 is 1.96 bits per heavy atom. The lowest BCUT2D eigenvalue weighted by Gasteiger charge is -2.12. The number of aryl methyl sites for hydroxylation is 1. The fourth-order valence-electron chi connectivity index (χ4n) is 2.42. The molecule has 0 aliphatic heterocycles. The smallest absolute Gasteiger partial charge is 0.354 e. The van der Waals surface area contributed by atoms with Crippen LogP contribution in [0.25, 0.3) is 10.9 Å². The fourth-order valence-corrected chi connectivity index (χ4v) is 2.42. The lowest BCUT2D eigenvalue weighted by Crippen LogP contribution is -2.15. The average molecular weight is 321 g/mol. The van der Waals surface area contributed by atoms with E-state index in [0.717, 1.165) is 14.2 Å². The molecule has 1 aromatic carbocycles. The summed E-state index contributed by atoms with van der Waals surface area (Å²) in [5.74, 6) is -2.82. The maximum absolute atomic E-state index is 12.2. The van der Waals surface area contributed by atoms with Crippen molar-refractivity contribution in [3.63, 3.8) is 0 Å². The van der Waals surface area contributed by atoms with Gasteiger partial charge in [0.1, 0.15) is 22.6 Å². The van der Waals surface area contributed by atoms with Crippen molar-refractivity contribution in [1.29, 1.82) is 0 Å². The van der Waals surface area contributed by atoms with Crippen LogP contribution in [0.3, 0.4) is 0 Å². The molecule has 1 aromatic heterocycles. The maximum atomic E-state index is 12.2. The molecule has 0 aliphatic carbocycles. The highest BCUT2D eigenvalue weighted by Crippen LogP contribution is 2.33. The van der Waals surface area contributed by atoms with E-state index in [1.165, 1.54) is 30.9 Å². The third-order valence-corrected chi connectivity index (χ3v) is 3.47. The van der Waals surface area contributed by atoms with Gasteiger partial charge in [0.25, 0.3) is 0 Å². The zero-order chi connectivity index (χ0) is 17.3. The summed E-state index contributed by atoms with van der Waals surface area (Å²) in [6.45, 7) is 0. The van der Waals surface area contributed by atoms with E-state index in [2.05, 4.69) is 9.47 Å². The van der Waals surface area contributed by atoms with Crippen LogP contribution in [0.4, 0.5) is 0 Å². The molecule has 0 saturated carbocycles. The van der Waals surface area contributed by atoms with E-state index in [9.17, 15) is 19.5 Å². The summed E-state index contributed by atoms with van der Waals surface area (Å²) in [7, 11) is 5.01. The predicted octanol–water partition coefficient (Wildman–Crippen LogP) is 1.24.